The van der Waals surface area contributed by atoms with Crippen molar-refractivity contribution in [3.05, 3.63) is 48.4 Å². The second kappa shape index (κ2) is 7.07. The third-order valence-electron chi connectivity index (χ3n) is 3.59. The molecule has 0 aliphatic heterocycles. The van der Waals surface area contributed by atoms with Crippen LogP contribution in [0.15, 0.2) is 47.3 Å². The van der Waals surface area contributed by atoms with E-state index >= 15 is 0 Å². The first-order valence-electron chi connectivity index (χ1n) is 7.56. The van der Waals surface area contributed by atoms with Crippen LogP contribution in [0, 0.1) is 10.8 Å². The maximum absolute atomic E-state index is 12.8. The zero-order chi connectivity index (χ0) is 21.4. The minimum atomic E-state index is -5.01. The topological polar surface area (TPSA) is 101 Å². The van der Waals surface area contributed by atoms with Gasteiger partial charge in [0.05, 0.1) is 5.56 Å². The summed E-state index contributed by atoms with van der Waals surface area (Å²) in [5.41, 5.74) is -0.597. The van der Waals surface area contributed by atoms with Gasteiger partial charge in [0.2, 0.25) is 12.2 Å². The lowest BCUT2D eigenvalue weighted by Crippen LogP contribution is -2.36. The van der Waals surface area contributed by atoms with Crippen LogP contribution in [0.4, 0.5) is 26.3 Å². The van der Waals surface area contributed by atoms with Gasteiger partial charge in [-0.05, 0) is 35.4 Å². The van der Waals surface area contributed by atoms with E-state index in [2.05, 4.69) is 14.9 Å². The van der Waals surface area contributed by atoms with Crippen LogP contribution >= 0.6 is 0 Å². The van der Waals surface area contributed by atoms with Gasteiger partial charge in [-0.2, -0.15) is 13.2 Å². The minimum absolute atomic E-state index is 0.0920. The SMILES string of the molecule is N=C(n1cc(-c2ccc(OC(F)(F)F)c(-c3nnco3)c2)ccc1=N)C(F)(F)F. The second-order valence-corrected chi connectivity index (χ2v) is 5.52. The van der Waals surface area contributed by atoms with Gasteiger partial charge >= 0.3 is 12.5 Å². The molecular weight excluding hydrogens is 408 g/mol. The Morgan fingerprint density at radius 1 is 1.03 bits per heavy atom. The molecule has 0 aliphatic carbocycles. The molecule has 0 atom stereocenters. The van der Waals surface area contributed by atoms with E-state index in [1.54, 1.807) is 0 Å². The number of pyridine rings is 1. The summed E-state index contributed by atoms with van der Waals surface area (Å²) in [5.74, 6) is -2.75. The van der Waals surface area contributed by atoms with Crippen molar-refractivity contribution in [2.24, 2.45) is 0 Å². The molecule has 7 nitrogen and oxygen atoms in total. The number of alkyl halides is 6. The van der Waals surface area contributed by atoms with Crippen LogP contribution in [-0.2, 0) is 0 Å². The quantitative estimate of drug-likeness (QED) is 0.383. The van der Waals surface area contributed by atoms with E-state index in [9.17, 15) is 26.3 Å². The Bertz CT molecular complexity index is 1100. The molecule has 0 bridgehead atoms. The van der Waals surface area contributed by atoms with E-state index < -0.39 is 29.6 Å². The molecule has 0 amide bonds. The van der Waals surface area contributed by atoms with Gasteiger partial charge in [-0.1, -0.05) is 6.07 Å². The Balaban J connectivity index is 2.12. The second-order valence-electron chi connectivity index (χ2n) is 5.52. The van der Waals surface area contributed by atoms with Crippen LogP contribution in [0.2, 0.25) is 0 Å². The van der Waals surface area contributed by atoms with Crippen molar-refractivity contribution in [1.29, 1.82) is 10.8 Å². The Labute approximate surface area is 157 Å². The first kappa shape index (κ1) is 20.1. The van der Waals surface area contributed by atoms with E-state index in [4.69, 9.17) is 15.2 Å². The lowest BCUT2D eigenvalue weighted by Gasteiger charge is -2.15. The Morgan fingerprint density at radius 3 is 2.31 bits per heavy atom. The molecule has 0 aliphatic rings. The molecule has 3 rings (SSSR count). The van der Waals surface area contributed by atoms with Crippen LogP contribution in [0.3, 0.4) is 0 Å². The van der Waals surface area contributed by atoms with E-state index in [1.807, 2.05) is 0 Å². The molecule has 0 saturated heterocycles. The summed E-state index contributed by atoms with van der Waals surface area (Å²) >= 11 is 0. The number of nitrogens with zero attached hydrogens (tertiary/aromatic N) is 3. The van der Waals surface area contributed by atoms with E-state index in [0.717, 1.165) is 30.8 Å². The summed E-state index contributed by atoms with van der Waals surface area (Å²) in [6, 6.07) is 5.55. The highest BCUT2D eigenvalue weighted by Crippen LogP contribution is 2.36. The van der Waals surface area contributed by atoms with Crippen LogP contribution in [0.25, 0.3) is 22.6 Å². The number of ether oxygens (including phenoxy) is 1. The fraction of sp³-hybridized carbons (Fsp3) is 0.125. The predicted molar refractivity (Wildman–Crippen MR) is 84.9 cm³/mol. The van der Waals surface area contributed by atoms with Crippen LogP contribution in [0.1, 0.15) is 0 Å². The maximum Gasteiger partial charge on any atom is 0.573 e. The highest BCUT2D eigenvalue weighted by molar-refractivity contribution is 5.87. The van der Waals surface area contributed by atoms with Gasteiger partial charge < -0.3 is 9.15 Å². The first-order chi connectivity index (χ1) is 13.5. The predicted octanol–water partition coefficient (Wildman–Crippen LogP) is 3.97. The van der Waals surface area contributed by atoms with Crippen molar-refractivity contribution in [3.8, 4) is 28.3 Å². The van der Waals surface area contributed by atoms with Crippen LogP contribution < -0.4 is 10.2 Å². The molecule has 13 heteroatoms. The average molecular weight is 417 g/mol. The smallest absolute Gasteiger partial charge is 0.423 e. The van der Waals surface area contributed by atoms with Gasteiger partial charge in [-0.3, -0.25) is 15.4 Å². The van der Waals surface area contributed by atoms with E-state index in [-0.39, 0.29) is 22.6 Å². The zero-order valence-corrected chi connectivity index (χ0v) is 14.0. The molecule has 152 valence electrons. The van der Waals surface area contributed by atoms with Gasteiger partial charge in [0.15, 0.2) is 0 Å². The normalized spacial score (nSPS) is 12.1. The van der Waals surface area contributed by atoms with Crippen LogP contribution in [0.5, 0.6) is 5.75 Å². The lowest BCUT2D eigenvalue weighted by molar-refractivity contribution is -0.274. The van der Waals surface area contributed by atoms with Crippen molar-refractivity contribution in [2.45, 2.75) is 12.5 Å². The number of hydrogen-bond donors (Lipinski definition) is 2. The van der Waals surface area contributed by atoms with Crippen molar-refractivity contribution < 1.29 is 35.5 Å². The molecule has 1 aromatic carbocycles. The molecule has 0 radical (unpaired) electrons. The molecule has 0 spiro atoms. The number of benzene rings is 1. The summed E-state index contributed by atoms with van der Waals surface area (Å²) < 4.78 is 85.5. The Morgan fingerprint density at radius 2 is 1.72 bits per heavy atom. The number of nitrogens with one attached hydrogen (secondary N) is 2. The van der Waals surface area contributed by atoms with Crippen molar-refractivity contribution in [1.82, 2.24) is 14.8 Å². The Kier molecular flexibility index (Phi) is 4.90. The van der Waals surface area contributed by atoms with E-state index in [1.165, 1.54) is 12.1 Å². The number of hydrogen-bond acceptors (Lipinski definition) is 6. The molecule has 3 aromatic rings. The van der Waals surface area contributed by atoms with Crippen LogP contribution in [-0.4, -0.2) is 33.1 Å². The van der Waals surface area contributed by atoms with Gasteiger partial charge in [-0.15, -0.1) is 23.4 Å². The monoisotopic (exact) mass is 417 g/mol. The summed E-state index contributed by atoms with van der Waals surface area (Å²) in [4.78, 5) is 0. The summed E-state index contributed by atoms with van der Waals surface area (Å²) in [6.45, 7) is 0. The third-order valence-corrected chi connectivity index (χ3v) is 3.59. The molecular formula is C16H9F6N5O2. The standard InChI is InChI=1S/C16H9F6N5O2/c17-15(18,19)14(24)27-6-9(2-4-12(27)23)8-1-3-11(29-16(20,21)22)10(5-8)13-26-25-7-28-13/h1-7,23-24H. The average Bonchev–Trinajstić information content (AvgIpc) is 3.14. The molecule has 0 saturated carbocycles. The first-order valence-corrected chi connectivity index (χ1v) is 7.56. The van der Waals surface area contributed by atoms with Crippen molar-refractivity contribution in [3.63, 3.8) is 0 Å². The largest absolute Gasteiger partial charge is 0.573 e. The summed E-state index contributed by atoms with van der Waals surface area (Å²) in [7, 11) is 0. The maximum atomic E-state index is 12.8. The third kappa shape index (κ3) is 4.44. The molecule has 29 heavy (non-hydrogen) atoms. The summed E-state index contributed by atoms with van der Waals surface area (Å²) in [5, 5.41) is 21.7. The molecule has 2 aromatic heterocycles. The van der Waals surface area contributed by atoms with Gasteiger partial charge in [0, 0.05) is 6.20 Å². The molecule has 2 N–H and O–H groups in total. The summed E-state index contributed by atoms with van der Waals surface area (Å²) in [6.07, 6.45) is -8.26. The zero-order valence-electron chi connectivity index (χ0n) is 14.0. The van der Waals surface area contributed by atoms with Crippen molar-refractivity contribution >= 4 is 5.84 Å². The van der Waals surface area contributed by atoms with Crippen molar-refractivity contribution in [2.75, 3.05) is 0 Å². The Hall–Kier alpha value is -3.64. The fourth-order valence-corrected chi connectivity index (χ4v) is 2.37. The highest BCUT2D eigenvalue weighted by Gasteiger charge is 2.36. The van der Waals surface area contributed by atoms with Gasteiger partial charge in [-0.25, -0.2) is 0 Å². The van der Waals surface area contributed by atoms with Gasteiger partial charge in [0.25, 0.3) is 5.89 Å². The fourth-order valence-electron chi connectivity index (χ4n) is 2.37. The number of rotatable bonds is 3. The number of halogens is 6. The molecule has 2 heterocycles. The molecule has 0 fully saturated rings. The number of aromatic nitrogens is 3. The lowest BCUT2D eigenvalue weighted by atomic mass is 10.0. The van der Waals surface area contributed by atoms with E-state index in [0.29, 0.717) is 4.57 Å². The van der Waals surface area contributed by atoms with Gasteiger partial charge in [0.1, 0.15) is 11.2 Å². The molecule has 0 unspecified atom stereocenters. The minimum Gasteiger partial charge on any atom is -0.423 e. The highest BCUT2D eigenvalue weighted by atomic mass is 19.4.